The van der Waals surface area contributed by atoms with Gasteiger partial charge in [0.25, 0.3) is 0 Å². The quantitative estimate of drug-likeness (QED) is 0.277. The highest BCUT2D eigenvalue weighted by Crippen LogP contribution is 2.50. The normalized spacial score (nSPS) is 15.7. The third kappa shape index (κ3) is 8.76. The molecule has 190 valence electrons. The van der Waals surface area contributed by atoms with Gasteiger partial charge in [0.15, 0.2) is 0 Å². The van der Waals surface area contributed by atoms with Crippen molar-refractivity contribution in [3.05, 3.63) is 47.3 Å². The summed E-state index contributed by atoms with van der Waals surface area (Å²) >= 11 is 0. The lowest BCUT2D eigenvalue weighted by atomic mass is 9.61. The maximum absolute atomic E-state index is 13.0. The van der Waals surface area contributed by atoms with E-state index in [0.717, 1.165) is 5.56 Å². The second-order valence-corrected chi connectivity index (χ2v) is 11.4. The standard InChI is InChI=1S/C28H44N2O4/c1-21(24(31)34-17-16-30(8)9)18-28(6,25(32)33-10)20-26(2,3)23(19-27(4,5)29-7)22-14-12-11-13-15-22/h11-15,21,23H,16-20H2,1-6,8-10H3. The van der Waals surface area contributed by atoms with Gasteiger partial charge in [-0.25, -0.2) is 6.57 Å². The molecular formula is C28H44N2O4. The highest BCUT2D eigenvalue weighted by Gasteiger charge is 2.46. The molecule has 0 spiro atoms. The molecule has 0 aliphatic carbocycles. The summed E-state index contributed by atoms with van der Waals surface area (Å²) in [5.74, 6) is -1.03. The van der Waals surface area contributed by atoms with Crippen molar-refractivity contribution in [1.82, 2.24) is 4.90 Å². The Morgan fingerprint density at radius 1 is 1.06 bits per heavy atom. The Hall–Kier alpha value is -2.39. The van der Waals surface area contributed by atoms with Crippen LogP contribution in [0.1, 0.15) is 72.3 Å². The number of ether oxygens (including phenoxy) is 2. The van der Waals surface area contributed by atoms with Gasteiger partial charge in [0, 0.05) is 26.8 Å². The Morgan fingerprint density at radius 3 is 2.15 bits per heavy atom. The SMILES string of the molecule is [C-]#[N+]C(C)(C)CC(c1ccccc1)C(C)(C)CC(C)(CC(C)C(=O)OCCN(C)C)C(=O)OC. The van der Waals surface area contributed by atoms with Crippen LogP contribution in [-0.2, 0) is 19.1 Å². The van der Waals surface area contributed by atoms with Crippen molar-refractivity contribution in [3.63, 3.8) is 0 Å². The van der Waals surface area contributed by atoms with Crippen LogP contribution < -0.4 is 0 Å². The van der Waals surface area contributed by atoms with E-state index in [0.29, 0.717) is 32.4 Å². The van der Waals surface area contributed by atoms with Crippen LogP contribution in [0.3, 0.4) is 0 Å². The van der Waals surface area contributed by atoms with Crippen molar-refractivity contribution in [2.24, 2.45) is 16.7 Å². The van der Waals surface area contributed by atoms with E-state index in [9.17, 15) is 9.59 Å². The fourth-order valence-corrected chi connectivity index (χ4v) is 4.91. The van der Waals surface area contributed by atoms with Crippen LogP contribution >= 0.6 is 0 Å². The average molecular weight is 473 g/mol. The Balaban J connectivity index is 3.22. The van der Waals surface area contributed by atoms with Gasteiger partial charge in [-0.3, -0.25) is 9.59 Å². The number of esters is 2. The number of nitrogens with zero attached hydrogens (tertiary/aromatic N) is 2. The number of carbonyl (C=O) groups excluding carboxylic acids is 2. The molecule has 0 heterocycles. The van der Waals surface area contributed by atoms with Crippen LogP contribution in [0.25, 0.3) is 4.85 Å². The van der Waals surface area contributed by atoms with Crippen LogP contribution in [0.15, 0.2) is 30.3 Å². The van der Waals surface area contributed by atoms with Crippen molar-refractivity contribution in [3.8, 4) is 0 Å². The first-order valence-electron chi connectivity index (χ1n) is 12.0. The molecule has 34 heavy (non-hydrogen) atoms. The van der Waals surface area contributed by atoms with Gasteiger partial charge < -0.3 is 19.2 Å². The van der Waals surface area contributed by atoms with Gasteiger partial charge in [0.2, 0.25) is 5.54 Å². The van der Waals surface area contributed by atoms with E-state index in [1.54, 1.807) is 0 Å². The van der Waals surface area contributed by atoms with E-state index in [-0.39, 0.29) is 23.3 Å². The number of methoxy groups -OCH3 is 1. The molecule has 6 nitrogen and oxygen atoms in total. The first-order valence-corrected chi connectivity index (χ1v) is 12.0. The minimum absolute atomic E-state index is 0.0455. The van der Waals surface area contributed by atoms with E-state index in [2.05, 4.69) is 30.8 Å². The summed E-state index contributed by atoms with van der Waals surface area (Å²) in [5.41, 5.74) is -0.621. The van der Waals surface area contributed by atoms with Crippen molar-refractivity contribution in [1.29, 1.82) is 0 Å². The zero-order chi connectivity index (χ0) is 26.2. The topological polar surface area (TPSA) is 60.2 Å². The van der Waals surface area contributed by atoms with Gasteiger partial charge in [-0.05, 0) is 50.8 Å². The maximum Gasteiger partial charge on any atom is 0.311 e. The van der Waals surface area contributed by atoms with Crippen molar-refractivity contribution >= 4 is 11.9 Å². The molecule has 6 heteroatoms. The molecule has 1 aromatic carbocycles. The number of rotatable bonds is 13. The van der Waals surface area contributed by atoms with Crippen molar-refractivity contribution in [2.75, 3.05) is 34.4 Å². The van der Waals surface area contributed by atoms with Gasteiger partial charge in [-0.1, -0.05) is 51.1 Å². The fourth-order valence-electron chi connectivity index (χ4n) is 4.91. The van der Waals surface area contributed by atoms with Gasteiger partial charge in [0.05, 0.1) is 18.4 Å². The zero-order valence-electron chi connectivity index (χ0n) is 22.6. The van der Waals surface area contributed by atoms with Gasteiger partial charge in [-0.2, -0.15) is 0 Å². The molecule has 0 fully saturated rings. The predicted octanol–water partition coefficient (Wildman–Crippen LogP) is 5.58. The van der Waals surface area contributed by atoms with Gasteiger partial charge in [0.1, 0.15) is 6.61 Å². The molecule has 0 radical (unpaired) electrons. The Labute approximate surface area is 206 Å². The summed E-state index contributed by atoms with van der Waals surface area (Å²) in [7, 11) is 5.24. The summed E-state index contributed by atoms with van der Waals surface area (Å²) in [6.45, 7) is 20.5. The van der Waals surface area contributed by atoms with E-state index in [4.69, 9.17) is 16.0 Å². The molecule has 1 rings (SSSR count). The molecule has 0 saturated carbocycles. The highest BCUT2D eigenvalue weighted by molar-refractivity contribution is 5.78. The zero-order valence-corrected chi connectivity index (χ0v) is 22.6. The molecular weight excluding hydrogens is 428 g/mol. The third-order valence-electron chi connectivity index (χ3n) is 6.62. The Bertz CT molecular complexity index is 842. The second-order valence-electron chi connectivity index (χ2n) is 11.4. The maximum atomic E-state index is 13.0. The number of carbonyl (C=O) groups is 2. The van der Waals surface area contributed by atoms with E-state index < -0.39 is 16.9 Å². The Morgan fingerprint density at radius 2 is 1.65 bits per heavy atom. The molecule has 0 amide bonds. The van der Waals surface area contributed by atoms with Crippen LogP contribution in [0.2, 0.25) is 0 Å². The molecule has 0 aliphatic heterocycles. The largest absolute Gasteiger partial charge is 0.469 e. The molecule has 0 saturated heterocycles. The number of hydrogen-bond donors (Lipinski definition) is 0. The molecule has 0 N–H and O–H groups in total. The lowest BCUT2D eigenvalue weighted by molar-refractivity contribution is -0.158. The van der Waals surface area contributed by atoms with E-state index in [1.165, 1.54) is 7.11 Å². The van der Waals surface area contributed by atoms with Crippen LogP contribution in [0, 0.1) is 23.3 Å². The molecule has 0 aromatic heterocycles. The first kappa shape index (κ1) is 29.6. The summed E-state index contributed by atoms with van der Waals surface area (Å²) in [5, 5.41) is 0. The number of likely N-dealkylation sites (N-methyl/N-ethyl adjacent to an activating group) is 1. The minimum atomic E-state index is -0.881. The smallest absolute Gasteiger partial charge is 0.311 e. The van der Waals surface area contributed by atoms with E-state index in [1.807, 2.05) is 64.9 Å². The summed E-state index contributed by atoms with van der Waals surface area (Å²) in [6.07, 6.45) is 1.50. The minimum Gasteiger partial charge on any atom is -0.469 e. The lowest BCUT2D eigenvalue weighted by Crippen LogP contribution is -2.40. The summed E-state index contributed by atoms with van der Waals surface area (Å²) < 4.78 is 10.7. The van der Waals surface area contributed by atoms with Crippen LogP contribution in [0.4, 0.5) is 0 Å². The molecule has 3 atom stereocenters. The summed E-state index contributed by atoms with van der Waals surface area (Å²) in [4.78, 5) is 31.5. The third-order valence-corrected chi connectivity index (χ3v) is 6.62. The van der Waals surface area contributed by atoms with Crippen molar-refractivity contribution < 1.29 is 19.1 Å². The van der Waals surface area contributed by atoms with Gasteiger partial charge in [-0.15, -0.1) is 0 Å². The number of benzene rings is 1. The highest BCUT2D eigenvalue weighted by atomic mass is 16.5. The van der Waals surface area contributed by atoms with Gasteiger partial charge >= 0.3 is 11.9 Å². The van der Waals surface area contributed by atoms with Crippen LogP contribution in [-0.4, -0.2) is 56.7 Å². The molecule has 1 aromatic rings. The molecule has 0 aliphatic rings. The number of hydrogen-bond acceptors (Lipinski definition) is 5. The second kappa shape index (κ2) is 12.4. The van der Waals surface area contributed by atoms with E-state index >= 15 is 0 Å². The van der Waals surface area contributed by atoms with Crippen molar-refractivity contribution in [2.45, 2.75) is 72.3 Å². The first-order chi connectivity index (χ1) is 15.7. The average Bonchev–Trinajstić information content (AvgIpc) is 2.76. The molecule has 3 unspecified atom stereocenters. The monoisotopic (exact) mass is 472 g/mol. The summed E-state index contributed by atoms with van der Waals surface area (Å²) in [6, 6.07) is 10.2. The lowest BCUT2D eigenvalue weighted by Gasteiger charge is -2.42. The predicted molar refractivity (Wildman–Crippen MR) is 136 cm³/mol. The Kier molecular flexibility index (Phi) is 10.8. The molecule has 0 bridgehead atoms. The fraction of sp³-hybridized carbons (Fsp3) is 0.679. The van der Waals surface area contributed by atoms with Crippen LogP contribution in [0.5, 0.6) is 0 Å².